The van der Waals surface area contributed by atoms with Gasteiger partial charge in [0.15, 0.2) is 0 Å². The van der Waals surface area contributed by atoms with Crippen LogP contribution in [0.25, 0.3) is 0 Å². The summed E-state index contributed by atoms with van der Waals surface area (Å²) in [5.74, 6) is 0. The molecule has 0 aromatic carbocycles. The molecule has 12 heteroatoms. The number of hydrogen-bond acceptors (Lipinski definition) is 5. The van der Waals surface area contributed by atoms with E-state index in [1.54, 1.807) is 0 Å². The normalized spacial score (nSPS) is 9.67. The molecule has 0 atom stereocenters. The van der Waals surface area contributed by atoms with E-state index in [9.17, 15) is 0 Å². The second kappa shape index (κ2) is 8.83. The largest absolute Gasteiger partial charge is 0.344 e. The third kappa shape index (κ3) is 760. The molecule has 0 aromatic rings. The van der Waals surface area contributed by atoms with Crippen molar-refractivity contribution in [2.24, 2.45) is 0 Å². The Hall–Kier alpha value is 1.25. The molecule has 0 aliphatic heterocycles. The Morgan fingerprint density at radius 2 is 0.833 bits per heavy atom. The van der Waals surface area contributed by atoms with Crippen molar-refractivity contribution in [3.05, 3.63) is 0 Å². The summed E-state index contributed by atoms with van der Waals surface area (Å²) < 4.78 is 50.9. The zero-order valence-corrected chi connectivity index (χ0v) is 8.37. The lowest BCUT2D eigenvalue weighted by Gasteiger charge is -1.67. The lowest BCUT2D eigenvalue weighted by Crippen LogP contribution is -1.78. The smallest absolute Gasteiger partial charge is 0.316 e. The van der Waals surface area contributed by atoms with Gasteiger partial charge in [-0.2, -0.15) is 16.8 Å². The van der Waals surface area contributed by atoms with Gasteiger partial charge in [0, 0.05) is 0 Å². The predicted molar refractivity (Wildman–Crippen MR) is 54.6 cm³/mol. The first-order valence-electron chi connectivity index (χ1n) is 1.40. The maximum atomic E-state index is 9.05. The average molecular weight is 272 g/mol. The molecule has 0 rings (SSSR count). The van der Waals surface area contributed by atoms with Crippen LogP contribution >= 0.6 is 23.3 Å². The van der Waals surface area contributed by atoms with E-state index in [4.69, 9.17) is 25.9 Å². The van der Waals surface area contributed by atoms with Gasteiger partial charge in [-0.3, -0.25) is 9.11 Å². The molecule has 7 nitrogen and oxygen atoms in total. The van der Waals surface area contributed by atoms with Gasteiger partial charge >= 0.3 is 41.4 Å². The first kappa shape index (κ1) is 23.2. The summed E-state index contributed by atoms with van der Waals surface area (Å²) >= 11 is 5.30. The molecule has 0 fully saturated rings. The fourth-order valence-corrected chi connectivity index (χ4v) is 0. The Morgan fingerprint density at radius 1 is 0.833 bits per heavy atom. The molecule has 76 valence electrons. The maximum Gasteiger partial charge on any atom is 0.316 e. The monoisotopic (exact) mass is 271 g/mol. The van der Waals surface area contributed by atoms with E-state index in [1.807, 2.05) is 0 Å². The highest BCUT2D eigenvalue weighted by molar-refractivity contribution is 8.61. The van der Waals surface area contributed by atoms with Crippen molar-refractivity contribution in [2.45, 2.75) is 0 Å². The van der Waals surface area contributed by atoms with Crippen LogP contribution in [0.5, 0.6) is 0 Å². The van der Waals surface area contributed by atoms with Gasteiger partial charge in [-0.15, -0.1) is 0 Å². The molecule has 0 saturated carbocycles. The lowest BCUT2D eigenvalue weighted by atomic mass is 14.0. The Morgan fingerprint density at radius 3 is 0.833 bits per heavy atom. The summed E-state index contributed by atoms with van der Waals surface area (Å²) in [7, 11) is -7.94. The highest BCUT2D eigenvalue weighted by Gasteiger charge is 1.83. The van der Waals surface area contributed by atoms with Gasteiger partial charge in [0.1, 0.15) is 0 Å². The molecular formula is H9MgNO6S4. The zero-order valence-electron chi connectivity index (χ0n) is 4.95. The van der Waals surface area contributed by atoms with Crippen LogP contribution in [0.1, 0.15) is 0 Å². The van der Waals surface area contributed by atoms with Gasteiger partial charge in [0.05, 0.1) is 0 Å². The Labute approximate surface area is 96.2 Å². The molecule has 0 aliphatic rings. The fraction of sp³-hybridized carbons (Fsp3) is 0. The quantitative estimate of drug-likeness (QED) is 0.159. The van der Waals surface area contributed by atoms with Crippen LogP contribution in [0.4, 0.5) is 0 Å². The molecule has 0 radical (unpaired) electrons. The molecule has 0 heterocycles. The van der Waals surface area contributed by atoms with E-state index in [0.29, 0.717) is 0 Å². The Bertz CT molecular complexity index is 216. The molecule has 0 saturated heterocycles. The summed E-state index contributed by atoms with van der Waals surface area (Å²) in [5.41, 5.74) is 0. The molecule has 0 bridgehead atoms. The van der Waals surface area contributed by atoms with E-state index in [2.05, 4.69) is 23.3 Å². The molecule has 0 aliphatic carbocycles. The highest BCUT2D eigenvalue weighted by atomic mass is 33.1. The molecule has 0 unspecified atom stereocenters. The minimum Gasteiger partial charge on any atom is -0.344 e. The van der Waals surface area contributed by atoms with Crippen LogP contribution in [-0.2, 0) is 18.3 Å². The second-order valence-electron chi connectivity index (χ2n) is 0.896. The van der Waals surface area contributed by atoms with Crippen molar-refractivity contribution in [3.63, 3.8) is 0 Å². The van der Waals surface area contributed by atoms with E-state index < -0.39 is 18.3 Å². The van der Waals surface area contributed by atoms with Crippen LogP contribution in [0, 0.1) is 0 Å². The molecule has 12 heavy (non-hydrogen) atoms. The van der Waals surface area contributed by atoms with E-state index in [0.717, 1.165) is 0 Å². The van der Waals surface area contributed by atoms with Gasteiger partial charge in [-0.25, -0.2) is 0 Å². The number of rotatable bonds is 0. The minimum atomic E-state index is -3.97. The number of thiol groups is 2. The predicted octanol–water partition coefficient (Wildman–Crippen LogP) is -1.32. The minimum absolute atomic E-state index is 0. The highest BCUT2D eigenvalue weighted by Crippen LogP contribution is 1.81. The lowest BCUT2D eigenvalue weighted by molar-refractivity contribution is 0.501. The third-order valence-electron chi connectivity index (χ3n) is 0. The molecule has 0 spiro atoms. The fourth-order valence-electron chi connectivity index (χ4n) is 0. The molecular weight excluding hydrogens is 263 g/mol. The van der Waals surface area contributed by atoms with Crippen molar-refractivity contribution in [3.8, 4) is 0 Å². The summed E-state index contributed by atoms with van der Waals surface area (Å²) in [4.78, 5) is 0. The van der Waals surface area contributed by atoms with Crippen LogP contribution in [0.3, 0.4) is 0 Å². The summed E-state index contributed by atoms with van der Waals surface area (Å²) in [6, 6.07) is 0. The molecule has 0 amide bonds. The van der Waals surface area contributed by atoms with Gasteiger partial charge in [0.2, 0.25) is 0 Å². The van der Waals surface area contributed by atoms with Crippen LogP contribution in [0.2, 0.25) is 0 Å². The van der Waals surface area contributed by atoms with Crippen molar-refractivity contribution in [1.29, 1.82) is 0 Å². The first-order chi connectivity index (χ1) is 4.00. The van der Waals surface area contributed by atoms with E-state index in [1.165, 1.54) is 0 Å². The Kier molecular flexibility index (Phi) is 17.1. The SMILES string of the molecule is N.O=S(=O)(O)S.O=S(=O)(O)S.[MgH2]. The van der Waals surface area contributed by atoms with Crippen molar-refractivity contribution < 1.29 is 25.9 Å². The molecule has 0 aromatic heterocycles. The second-order valence-corrected chi connectivity index (χ2v) is 5.46. The molecule has 5 N–H and O–H groups in total. The number of hydrogen-bond donors (Lipinski definition) is 5. The summed E-state index contributed by atoms with van der Waals surface area (Å²) in [6.45, 7) is 0. The van der Waals surface area contributed by atoms with Crippen LogP contribution in [-0.4, -0.2) is 49.0 Å². The van der Waals surface area contributed by atoms with Gasteiger partial charge < -0.3 is 6.15 Å². The first-order valence-corrected chi connectivity index (χ1v) is 6.38. The average Bonchev–Trinajstić information content (AvgIpc) is 1.12. The van der Waals surface area contributed by atoms with Crippen molar-refractivity contribution >= 4 is 64.7 Å². The third-order valence-corrected chi connectivity index (χ3v) is 0. The van der Waals surface area contributed by atoms with Gasteiger partial charge in [-0.1, -0.05) is 0 Å². The van der Waals surface area contributed by atoms with E-state index >= 15 is 0 Å². The maximum absolute atomic E-state index is 9.05. The zero-order chi connectivity index (χ0) is 9.00. The Balaban J connectivity index is -0.0000000457. The standard InChI is InChI=1S/Mg.H3N.2H2O3S2.2H/c;;2*1-5(2,3)4;;/h;1H3;2*(H2,1,2,3,4);;. The topological polar surface area (TPSA) is 144 Å². The summed E-state index contributed by atoms with van der Waals surface area (Å²) in [6.07, 6.45) is 0. The van der Waals surface area contributed by atoms with Gasteiger partial charge in [-0.05, 0) is 23.3 Å². The van der Waals surface area contributed by atoms with E-state index in [-0.39, 0.29) is 29.2 Å². The van der Waals surface area contributed by atoms with Crippen LogP contribution < -0.4 is 6.15 Å². The van der Waals surface area contributed by atoms with Crippen molar-refractivity contribution in [2.75, 3.05) is 0 Å². The summed E-state index contributed by atoms with van der Waals surface area (Å²) in [5, 5.41) is 0. The van der Waals surface area contributed by atoms with Crippen molar-refractivity contribution in [1.82, 2.24) is 6.15 Å². The van der Waals surface area contributed by atoms with Gasteiger partial charge in [0.25, 0.3) is 0 Å². The van der Waals surface area contributed by atoms with Crippen LogP contribution in [0.15, 0.2) is 0 Å².